The van der Waals surface area contributed by atoms with Gasteiger partial charge in [0, 0.05) is 28.9 Å². The molecule has 0 fully saturated rings. The number of ether oxygens (including phenoxy) is 1. The number of amides is 1. The molecule has 0 unspecified atom stereocenters. The van der Waals surface area contributed by atoms with E-state index in [4.69, 9.17) is 4.74 Å². The van der Waals surface area contributed by atoms with Gasteiger partial charge < -0.3 is 15.2 Å². The predicted octanol–water partition coefficient (Wildman–Crippen LogP) is 2.91. The van der Waals surface area contributed by atoms with Crippen LogP contribution in [0.4, 0.5) is 0 Å². The summed E-state index contributed by atoms with van der Waals surface area (Å²) in [7, 11) is 1.23. The predicted molar refractivity (Wildman–Crippen MR) is 100 cm³/mol. The highest BCUT2D eigenvalue weighted by Gasteiger charge is 2.36. The number of nitrogens with zero attached hydrogens (tertiary/aromatic N) is 2. The van der Waals surface area contributed by atoms with Crippen molar-refractivity contribution in [2.24, 2.45) is 5.10 Å². The van der Waals surface area contributed by atoms with Crippen molar-refractivity contribution in [2.75, 3.05) is 7.11 Å². The van der Waals surface area contributed by atoms with Crippen LogP contribution in [-0.2, 0) is 9.53 Å². The first kappa shape index (κ1) is 19.2. The van der Waals surface area contributed by atoms with E-state index in [9.17, 15) is 14.7 Å². The van der Waals surface area contributed by atoms with Crippen molar-refractivity contribution in [1.82, 2.24) is 10.3 Å². The van der Waals surface area contributed by atoms with Crippen molar-refractivity contribution >= 4 is 29.5 Å². The number of hydrazone groups is 1. The van der Waals surface area contributed by atoms with Gasteiger partial charge >= 0.3 is 5.97 Å². The van der Waals surface area contributed by atoms with Crippen LogP contribution in [0.1, 0.15) is 49.2 Å². The molecular weight excluding hydrogens is 334 g/mol. The third-order valence-corrected chi connectivity index (χ3v) is 3.79. The molecule has 0 saturated heterocycles. The summed E-state index contributed by atoms with van der Waals surface area (Å²) >= 11 is 0. The number of aliphatic hydroxyl groups excluding tert-OH is 1. The van der Waals surface area contributed by atoms with Gasteiger partial charge in [0.25, 0.3) is 5.91 Å². The largest absolute Gasteiger partial charge is 0.505 e. The second-order valence-corrected chi connectivity index (χ2v) is 5.90. The first-order valence-electron chi connectivity index (χ1n) is 8.28. The summed E-state index contributed by atoms with van der Waals surface area (Å²) in [6.45, 7) is 7.19. The Bertz CT molecular complexity index is 822. The molecule has 1 aromatic rings. The number of rotatable bonds is 4. The van der Waals surface area contributed by atoms with Gasteiger partial charge in [-0.05, 0) is 33.8 Å². The highest BCUT2D eigenvalue weighted by Crippen LogP contribution is 2.39. The minimum absolute atomic E-state index is 0.0458. The van der Waals surface area contributed by atoms with Crippen molar-refractivity contribution in [3.63, 3.8) is 0 Å². The van der Waals surface area contributed by atoms with Crippen LogP contribution in [0.25, 0.3) is 11.5 Å². The highest BCUT2D eigenvalue weighted by atomic mass is 16.5. The van der Waals surface area contributed by atoms with Crippen LogP contribution in [0.15, 0.2) is 35.1 Å². The fourth-order valence-electron chi connectivity index (χ4n) is 2.79. The number of methoxy groups -OCH3 is 1. The van der Waals surface area contributed by atoms with Crippen LogP contribution >= 0.6 is 0 Å². The van der Waals surface area contributed by atoms with Gasteiger partial charge in [-0.3, -0.25) is 4.79 Å². The average molecular weight is 357 g/mol. The lowest BCUT2D eigenvalue weighted by molar-refractivity contribution is -0.137. The maximum atomic E-state index is 12.6. The molecule has 7 nitrogen and oxygen atoms in total. The summed E-state index contributed by atoms with van der Waals surface area (Å²) < 4.78 is 4.80. The van der Waals surface area contributed by atoms with E-state index in [-0.39, 0.29) is 23.4 Å². The van der Waals surface area contributed by atoms with Crippen LogP contribution in [0.2, 0.25) is 0 Å². The highest BCUT2D eigenvalue weighted by molar-refractivity contribution is 6.06. The van der Waals surface area contributed by atoms with Crippen molar-refractivity contribution in [1.29, 1.82) is 0 Å². The molecule has 1 aliphatic rings. The number of benzene rings is 1. The summed E-state index contributed by atoms with van der Waals surface area (Å²) in [6, 6.07) is 4.93. The molecule has 0 aromatic heterocycles. The zero-order valence-electron chi connectivity index (χ0n) is 15.5. The fraction of sp³-hybridized carbons (Fsp3) is 0.316. The molecule has 2 rings (SSSR count). The monoisotopic (exact) mass is 357 g/mol. The normalized spacial score (nSPS) is 15.6. The average Bonchev–Trinajstić information content (AvgIpc) is 2.61. The van der Waals surface area contributed by atoms with E-state index in [1.54, 1.807) is 38.1 Å². The number of carbonyl (C=O) groups excluding carboxylic acids is 2. The van der Waals surface area contributed by atoms with Crippen LogP contribution in [0, 0.1) is 0 Å². The Kier molecular flexibility index (Phi) is 5.82. The Morgan fingerprint density at radius 2 is 2.00 bits per heavy atom. The Balaban J connectivity index is 2.80. The minimum Gasteiger partial charge on any atom is -0.505 e. The number of hydrogen-bond donors (Lipinski definition) is 2. The minimum atomic E-state index is -0.727. The first-order chi connectivity index (χ1) is 12.4. The van der Waals surface area contributed by atoms with Crippen molar-refractivity contribution in [3.8, 4) is 0 Å². The van der Waals surface area contributed by atoms with E-state index in [1.165, 1.54) is 18.3 Å². The number of allylic oxidation sites excluding steroid dienone is 1. The number of nitrogens with one attached hydrogen (secondary N) is 1. The summed E-state index contributed by atoms with van der Waals surface area (Å²) in [5, 5.41) is 19.0. The van der Waals surface area contributed by atoms with Crippen LogP contribution < -0.4 is 5.32 Å². The van der Waals surface area contributed by atoms with E-state index in [1.807, 2.05) is 13.8 Å². The molecule has 0 spiro atoms. The van der Waals surface area contributed by atoms with Crippen molar-refractivity contribution in [2.45, 2.75) is 33.7 Å². The van der Waals surface area contributed by atoms with Gasteiger partial charge in [-0.1, -0.05) is 18.2 Å². The van der Waals surface area contributed by atoms with Crippen molar-refractivity contribution < 1.29 is 19.4 Å². The van der Waals surface area contributed by atoms with E-state index in [0.29, 0.717) is 22.4 Å². The van der Waals surface area contributed by atoms with E-state index >= 15 is 0 Å². The van der Waals surface area contributed by atoms with Crippen LogP contribution in [0.5, 0.6) is 0 Å². The third-order valence-electron chi connectivity index (χ3n) is 3.79. The standard InChI is InChI=1S/C19H23N3O4/c1-6-14-15-12(9-8-10-13(15)18(24)21-11(3)4)17(23)16(19(25)26-5)22(14)20-7-2/h6-11,23H,1-5H3,(H,21,24)/b14-6+,20-7-. The summed E-state index contributed by atoms with van der Waals surface area (Å²) in [4.78, 5) is 24.9. The molecule has 26 heavy (non-hydrogen) atoms. The smallest absolute Gasteiger partial charge is 0.360 e. The maximum Gasteiger partial charge on any atom is 0.360 e. The summed E-state index contributed by atoms with van der Waals surface area (Å²) in [6.07, 6.45) is 3.22. The molecule has 2 N–H and O–H groups in total. The van der Waals surface area contributed by atoms with Gasteiger partial charge in [0.05, 0.1) is 12.8 Å². The molecule has 1 amide bonds. The number of fused-ring (bicyclic) bond motifs is 1. The number of aliphatic hydroxyl groups is 1. The Labute approximate surface area is 152 Å². The summed E-state index contributed by atoms with van der Waals surface area (Å²) in [5.41, 5.74) is 1.66. The van der Waals surface area contributed by atoms with Gasteiger partial charge in [-0.15, -0.1) is 0 Å². The second kappa shape index (κ2) is 7.86. The molecule has 0 atom stereocenters. The van der Waals surface area contributed by atoms with Gasteiger partial charge in [0.1, 0.15) is 0 Å². The zero-order valence-corrected chi connectivity index (χ0v) is 15.5. The van der Waals surface area contributed by atoms with Gasteiger partial charge in [-0.25, -0.2) is 9.80 Å². The Morgan fingerprint density at radius 3 is 2.54 bits per heavy atom. The molecule has 0 radical (unpaired) electrons. The molecule has 1 aromatic carbocycles. The molecule has 1 aliphatic heterocycles. The quantitative estimate of drug-likeness (QED) is 0.639. The number of carbonyl (C=O) groups is 2. The summed E-state index contributed by atoms with van der Waals surface area (Å²) in [5.74, 6) is -1.29. The van der Waals surface area contributed by atoms with Gasteiger partial charge in [0.15, 0.2) is 11.5 Å². The fourth-order valence-corrected chi connectivity index (χ4v) is 2.79. The van der Waals surface area contributed by atoms with Crippen LogP contribution in [-0.4, -0.2) is 41.4 Å². The molecule has 0 bridgehead atoms. The topological polar surface area (TPSA) is 91.2 Å². The molecule has 0 saturated carbocycles. The van der Waals surface area contributed by atoms with Crippen molar-refractivity contribution in [3.05, 3.63) is 46.7 Å². The maximum absolute atomic E-state index is 12.6. The zero-order chi connectivity index (χ0) is 19.4. The molecular formula is C19H23N3O4. The molecule has 1 heterocycles. The lowest BCUT2D eigenvalue weighted by Crippen LogP contribution is -2.33. The number of hydrogen-bond acceptors (Lipinski definition) is 6. The lowest BCUT2D eigenvalue weighted by Gasteiger charge is -2.31. The SMILES string of the molecule is C/C=N\N1C(C(=O)OC)=C(O)c2cccc(C(=O)NC(C)C)c2/C1=C\C. The first-order valence-corrected chi connectivity index (χ1v) is 8.28. The molecule has 0 aliphatic carbocycles. The Hall–Kier alpha value is -3.09. The van der Waals surface area contributed by atoms with E-state index in [0.717, 1.165) is 0 Å². The molecule has 138 valence electrons. The lowest BCUT2D eigenvalue weighted by atomic mass is 9.91. The van der Waals surface area contributed by atoms with Gasteiger partial charge in [-0.2, -0.15) is 5.10 Å². The third kappa shape index (κ3) is 3.33. The van der Waals surface area contributed by atoms with E-state index < -0.39 is 5.97 Å². The van der Waals surface area contributed by atoms with Gasteiger partial charge in [0.2, 0.25) is 0 Å². The Morgan fingerprint density at radius 1 is 1.31 bits per heavy atom. The van der Waals surface area contributed by atoms with E-state index in [2.05, 4.69) is 10.4 Å². The number of esters is 1. The van der Waals surface area contributed by atoms with Crippen LogP contribution in [0.3, 0.4) is 0 Å². The molecule has 7 heteroatoms. The second-order valence-electron chi connectivity index (χ2n) is 5.90.